The summed E-state index contributed by atoms with van der Waals surface area (Å²) >= 11 is 0. The van der Waals surface area contributed by atoms with Crippen molar-refractivity contribution in [1.29, 1.82) is 0 Å². The van der Waals surface area contributed by atoms with Crippen LogP contribution in [0.3, 0.4) is 0 Å². The van der Waals surface area contributed by atoms with Crippen molar-refractivity contribution in [3.63, 3.8) is 0 Å². The Morgan fingerprint density at radius 3 is 2.47 bits per heavy atom. The zero-order valence-electron chi connectivity index (χ0n) is 9.42. The number of hydrogen-bond donors (Lipinski definition) is 0. The molecule has 0 saturated heterocycles. The molecule has 1 rings (SSSR count). The molecule has 0 atom stereocenters. The molecule has 0 radical (unpaired) electrons. The van der Waals surface area contributed by atoms with Crippen LogP contribution in [0, 0.1) is 0 Å². The summed E-state index contributed by atoms with van der Waals surface area (Å²) in [5, 5.41) is 0. The summed E-state index contributed by atoms with van der Waals surface area (Å²) in [7, 11) is 0. The summed E-state index contributed by atoms with van der Waals surface area (Å²) in [6.45, 7) is 12.5. The average Bonchev–Trinajstić information content (AvgIpc) is 2.64. The maximum Gasteiger partial charge on any atom is 0.220 e. The number of hydrogen-bond acceptors (Lipinski definition) is 1. The summed E-state index contributed by atoms with van der Waals surface area (Å²) in [4.78, 5) is 13.1. The molecule has 80 valence electrons. The van der Waals surface area contributed by atoms with E-state index >= 15 is 0 Å². The number of amides is 1. The van der Waals surface area contributed by atoms with E-state index in [4.69, 9.17) is 0 Å². The van der Waals surface area contributed by atoms with Gasteiger partial charge in [0.2, 0.25) is 5.91 Å². The summed E-state index contributed by atoms with van der Waals surface area (Å²) in [6, 6.07) is 0. The van der Waals surface area contributed by atoms with Gasteiger partial charge in [0.25, 0.3) is 0 Å². The molecule has 1 aliphatic rings. The van der Waals surface area contributed by atoms with Crippen LogP contribution in [-0.4, -0.2) is 23.9 Å². The van der Waals surface area contributed by atoms with E-state index in [9.17, 15) is 4.79 Å². The highest BCUT2D eigenvalue weighted by Gasteiger charge is 2.22. The lowest BCUT2D eigenvalue weighted by atomic mass is 10.0. The van der Waals surface area contributed by atoms with Crippen LogP contribution < -0.4 is 0 Å². The van der Waals surface area contributed by atoms with Crippen LogP contribution in [0.4, 0.5) is 0 Å². The minimum atomic E-state index is 0.101. The van der Waals surface area contributed by atoms with Crippen LogP contribution in [0.25, 0.3) is 0 Å². The Morgan fingerprint density at radius 2 is 2.07 bits per heavy atom. The van der Waals surface area contributed by atoms with Crippen molar-refractivity contribution in [2.45, 2.75) is 13.8 Å². The second kappa shape index (κ2) is 4.78. The van der Waals surface area contributed by atoms with Crippen molar-refractivity contribution < 1.29 is 4.79 Å². The maximum absolute atomic E-state index is 11.3. The number of nitrogens with zero attached hydrogens (tertiary/aromatic N) is 1. The van der Waals surface area contributed by atoms with E-state index in [1.165, 1.54) is 0 Å². The fourth-order valence-corrected chi connectivity index (χ4v) is 1.75. The molecule has 1 heterocycles. The first-order valence-corrected chi connectivity index (χ1v) is 5.03. The average molecular weight is 203 g/mol. The number of allylic oxidation sites excluding steroid dienone is 2. The largest absolute Gasteiger partial charge is 0.334 e. The molecule has 0 aromatic carbocycles. The highest BCUT2D eigenvalue weighted by atomic mass is 16.2. The predicted octanol–water partition coefficient (Wildman–Crippen LogP) is 2.46. The first kappa shape index (κ1) is 11.5. The van der Waals surface area contributed by atoms with Crippen molar-refractivity contribution in [2.24, 2.45) is 0 Å². The zero-order valence-corrected chi connectivity index (χ0v) is 9.42. The number of rotatable bonds is 3. The predicted molar refractivity (Wildman–Crippen MR) is 63.4 cm³/mol. The molecule has 0 bridgehead atoms. The van der Waals surface area contributed by atoms with E-state index in [1.807, 2.05) is 25.2 Å². The first-order valence-electron chi connectivity index (χ1n) is 5.03. The highest BCUT2D eigenvalue weighted by molar-refractivity contribution is 5.75. The molecule has 0 aromatic rings. The Bertz CT molecular complexity index is 361. The fourth-order valence-electron chi connectivity index (χ4n) is 1.75. The Hall–Kier alpha value is -1.57. The van der Waals surface area contributed by atoms with Gasteiger partial charge in [0, 0.05) is 20.0 Å². The van der Waals surface area contributed by atoms with Gasteiger partial charge < -0.3 is 4.90 Å². The molecule has 2 heteroatoms. The van der Waals surface area contributed by atoms with Gasteiger partial charge in [-0.25, -0.2) is 0 Å². The van der Waals surface area contributed by atoms with Gasteiger partial charge in [-0.1, -0.05) is 31.4 Å². The molecule has 0 aliphatic carbocycles. The minimum absolute atomic E-state index is 0.101. The molecule has 2 nitrogen and oxygen atoms in total. The molecule has 1 aliphatic heterocycles. The number of carbonyl (C=O) groups is 1. The lowest BCUT2D eigenvalue weighted by molar-refractivity contribution is -0.127. The molecule has 0 saturated carbocycles. The van der Waals surface area contributed by atoms with Gasteiger partial charge >= 0.3 is 0 Å². The van der Waals surface area contributed by atoms with E-state index in [0.29, 0.717) is 13.1 Å². The van der Waals surface area contributed by atoms with Crippen molar-refractivity contribution in [3.8, 4) is 0 Å². The molecule has 0 fully saturated rings. The van der Waals surface area contributed by atoms with Crippen molar-refractivity contribution in [1.82, 2.24) is 4.90 Å². The van der Waals surface area contributed by atoms with E-state index in [1.54, 1.807) is 11.8 Å². The normalized spacial score (nSPS) is 16.9. The third-order valence-electron chi connectivity index (χ3n) is 2.67. The van der Waals surface area contributed by atoms with E-state index in [2.05, 4.69) is 13.2 Å². The monoisotopic (exact) mass is 203 g/mol. The fraction of sp³-hybridized carbons (Fsp3) is 0.308. The molecule has 15 heavy (non-hydrogen) atoms. The molecule has 0 spiro atoms. The van der Waals surface area contributed by atoms with Gasteiger partial charge in [-0.05, 0) is 23.6 Å². The van der Waals surface area contributed by atoms with Gasteiger partial charge in [0.15, 0.2) is 0 Å². The standard InChI is InChI=1S/C13H17NO/c1-5-11(6-2)13-9-14(10(4)15)8-12(13)7-3/h5-7H,1,3,8-9H2,2,4H3/b11-6-. The molecular formula is C13H17NO. The van der Waals surface area contributed by atoms with Gasteiger partial charge in [-0.2, -0.15) is 0 Å². The first-order chi connectivity index (χ1) is 7.13. The molecule has 0 N–H and O–H groups in total. The highest BCUT2D eigenvalue weighted by Crippen LogP contribution is 2.25. The third-order valence-corrected chi connectivity index (χ3v) is 2.67. The molecule has 1 amide bonds. The van der Waals surface area contributed by atoms with Gasteiger partial charge in [0.1, 0.15) is 0 Å². The van der Waals surface area contributed by atoms with Crippen LogP contribution in [0.5, 0.6) is 0 Å². The minimum Gasteiger partial charge on any atom is -0.334 e. The Kier molecular flexibility index (Phi) is 3.67. The Morgan fingerprint density at radius 1 is 1.40 bits per heavy atom. The van der Waals surface area contributed by atoms with Gasteiger partial charge in [-0.3, -0.25) is 4.79 Å². The zero-order chi connectivity index (χ0) is 11.4. The number of carbonyl (C=O) groups excluding carboxylic acids is 1. The smallest absolute Gasteiger partial charge is 0.220 e. The molecule has 0 aromatic heterocycles. The lowest BCUT2D eigenvalue weighted by Gasteiger charge is -2.13. The van der Waals surface area contributed by atoms with E-state index in [0.717, 1.165) is 16.7 Å². The lowest BCUT2D eigenvalue weighted by Crippen LogP contribution is -2.26. The van der Waals surface area contributed by atoms with Gasteiger partial charge in [-0.15, -0.1) is 0 Å². The SMILES string of the molecule is C=CC1=C(/C(C=C)=C\C)CN(C(C)=O)C1. The summed E-state index contributed by atoms with van der Waals surface area (Å²) in [5.74, 6) is 0.101. The summed E-state index contributed by atoms with van der Waals surface area (Å²) in [5.41, 5.74) is 3.38. The van der Waals surface area contributed by atoms with Gasteiger partial charge in [0.05, 0.1) is 0 Å². The van der Waals surface area contributed by atoms with Crippen LogP contribution in [0.15, 0.2) is 48.1 Å². The van der Waals surface area contributed by atoms with Crippen LogP contribution in [-0.2, 0) is 4.79 Å². The van der Waals surface area contributed by atoms with Crippen LogP contribution >= 0.6 is 0 Å². The topological polar surface area (TPSA) is 20.3 Å². The molecule has 0 unspecified atom stereocenters. The second-order valence-corrected chi connectivity index (χ2v) is 3.53. The Labute approximate surface area is 91.3 Å². The molecular weight excluding hydrogens is 186 g/mol. The summed E-state index contributed by atoms with van der Waals surface area (Å²) in [6.07, 6.45) is 5.66. The van der Waals surface area contributed by atoms with E-state index in [-0.39, 0.29) is 5.91 Å². The quantitative estimate of drug-likeness (QED) is 0.645. The second-order valence-electron chi connectivity index (χ2n) is 3.53. The van der Waals surface area contributed by atoms with Crippen molar-refractivity contribution >= 4 is 5.91 Å². The van der Waals surface area contributed by atoms with E-state index < -0.39 is 0 Å². The van der Waals surface area contributed by atoms with Crippen molar-refractivity contribution in [2.75, 3.05) is 13.1 Å². The Balaban J connectivity index is 3.00. The van der Waals surface area contributed by atoms with Crippen LogP contribution in [0.2, 0.25) is 0 Å². The third kappa shape index (κ3) is 2.27. The van der Waals surface area contributed by atoms with Crippen LogP contribution in [0.1, 0.15) is 13.8 Å². The van der Waals surface area contributed by atoms with Crippen molar-refractivity contribution in [3.05, 3.63) is 48.1 Å². The maximum atomic E-state index is 11.3. The summed E-state index contributed by atoms with van der Waals surface area (Å²) < 4.78 is 0.